The largest absolute Gasteiger partial charge is 0.381 e. The van der Waals surface area contributed by atoms with E-state index in [0.29, 0.717) is 23.1 Å². The molecule has 2 aromatic rings. The number of alkyl halides is 3. The zero-order chi connectivity index (χ0) is 22.9. The van der Waals surface area contributed by atoms with Crippen LogP contribution in [0.15, 0.2) is 29.5 Å². The lowest BCUT2D eigenvalue weighted by molar-refractivity contribution is 0.121. The molecule has 1 aliphatic heterocycles. The highest BCUT2D eigenvalue weighted by atomic mass is 127. The highest BCUT2D eigenvalue weighted by molar-refractivity contribution is 14.1. The van der Waals surface area contributed by atoms with Gasteiger partial charge in [-0.25, -0.2) is 15.0 Å². The van der Waals surface area contributed by atoms with Crippen molar-refractivity contribution < 1.29 is 8.78 Å². The lowest BCUT2D eigenvalue weighted by Gasteiger charge is -2.42. The van der Waals surface area contributed by atoms with Crippen molar-refractivity contribution in [3.63, 3.8) is 0 Å². The predicted molar refractivity (Wildman–Crippen MR) is 129 cm³/mol. The number of amidine groups is 1. The molecule has 2 aliphatic rings. The number of piperidine rings is 1. The molecule has 4 N–H and O–H groups in total. The maximum Gasteiger partial charge on any atom is 0.338 e. The van der Waals surface area contributed by atoms with Crippen molar-refractivity contribution in [3.05, 3.63) is 41.5 Å². The number of nitrogen functional groups attached to an aromatic ring is 1. The lowest BCUT2D eigenvalue weighted by atomic mass is 9.74. The van der Waals surface area contributed by atoms with Crippen molar-refractivity contribution in [2.45, 2.75) is 55.4 Å². The van der Waals surface area contributed by atoms with Crippen LogP contribution in [-0.2, 0) is 10.4 Å². The summed E-state index contributed by atoms with van der Waals surface area (Å²) in [7, 11) is 0. The summed E-state index contributed by atoms with van der Waals surface area (Å²) < 4.78 is 24.6. The molecule has 2 aromatic heterocycles. The summed E-state index contributed by atoms with van der Waals surface area (Å²) in [5.74, 6) is 1.37. The Morgan fingerprint density at radius 2 is 2.06 bits per heavy atom. The van der Waals surface area contributed by atoms with Crippen LogP contribution in [0.1, 0.15) is 56.0 Å². The highest BCUT2D eigenvalue weighted by Crippen LogP contribution is 2.45. The second kappa shape index (κ2) is 9.12. The number of aromatic nitrogens is 3. The fourth-order valence-corrected chi connectivity index (χ4v) is 5.41. The average molecular weight is 555 g/mol. The van der Waals surface area contributed by atoms with Crippen LogP contribution in [0, 0.1) is 5.41 Å². The first-order valence-electron chi connectivity index (χ1n) is 10.9. The summed E-state index contributed by atoms with van der Waals surface area (Å²) in [5.41, 5.74) is 13.4. The summed E-state index contributed by atoms with van der Waals surface area (Å²) in [5, 5.41) is 0. The third kappa shape index (κ3) is 4.85. The normalized spacial score (nSPS) is 21.3. The molecular formula is C22H28F2IN7. The third-order valence-corrected chi connectivity index (χ3v) is 7.33. The minimum Gasteiger partial charge on any atom is -0.381 e. The maximum atomic E-state index is 13.8. The van der Waals surface area contributed by atoms with Crippen LogP contribution in [-0.4, -0.2) is 44.8 Å². The number of halogens is 3. The molecule has 172 valence electrons. The number of aliphatic imine (C=N–C) groups is 1. The van der Waals surface area contributed by atoms with E-state index >= 15 is 0 Å². The van der Waals surface area contributed by atoms with Gasteiger partial charge in [0.15, 0.2) is 11.6 Å². The zero-order valence-corrected chi connectivity index (χ0v) is 20.2. The van der Waals surface area contributed by atoms with Crippen LogP contribution in [0.4, 0.5) is 20.4 Å². The molecule has 2 fully saturated rings. The van der Waals surface area contributed by atoms with Crippen molar-refractivity contribution in [1.29, 1.82) is 0 Å². The SMILES string of the molecule is CC(=Nc1ncc(Cc2cccnc2C(F)(F)I)nc1N)N1CCC2(CCC[C@H]2N)CC1. The smallest absolute Gasteiger partial charge is 0.338 e. The minimum absolute atomic E-state index is 0.163. The molecule has 0 amide bonds. The van der Waals surface area contributed by atoms with Crippen LogP contribution in [0.2, 0.25) is 0 Å². The molecule has 0 aromatic carbocycles. The van der Waals surface area contributed by atoms with Gasteiger partial charge in [-0.15, -0.1) is 0 Å². The molecule has 32 heavy (non-hydrogen) atoms. The molecule has 0 radical (unpaired) electrons. The van der Waals surface area contributed by atoms with Crippen LogP contribution < -0.4 is 11.5 Å². The molecule has 1 aliphatic carbocycles. The van der Waals surface area contributed by atoms with Gasteiger partial charge in [0.2, 0.25) is 0 Å². The Labute approximate surface area is 200 Å². The second-order valence-corrected chi connectivity index (χ2v) is 10.1. The van der Waals surface area contributed by atoms with Gasteiger partial charge in [-0.1, -0.05) is 12.5 Å². The number of anilines is 1. The van der Waals surface area contributed by atoms with E-state index in [2.05, 4.69) is 24.8 Å². The van der Waals surface area contributed by atoms with Crippen molar-refractivity contribution in [1.82, 2.24) is 19.9 Å². The van der Waals surface area contributed by atoms with Crippen molar-refractivity contribution in [2.24, 2.45) is 16.1 Å². The molecule has 0 unspecified atom stereocenters. The fourth-order valence-electron chi connectivity index (χ4n) is 4.92. The monoisotopic (exact) mass is 555 g/mol. The van der Waals surface area contributed by atoms with Crippen molar-refractivity contribution in [2.75, 3.05) is 18.8 Å². The van der Waals surface area contributed by atoms with Gasteiger partial charge in [0, 0.05) is 54.3 Å². The summed E-state index contributed by atoms with van der Waals surface area (Å²) >= 11 is 1.08. The first-order valence-corrected chi connectivity index (χ1v) is 11.9. The van der Waals surface area contributed by atoms with Gasteiger partial charge in [-0.05, 0) is 49.7 Å². The number of pyridine rings is 1. The van der Waals surface area contributed by atoms with Crippen molar-refractivity contribution in [3.8, 4) is 0 Å². The van der Waals surface area contributed by atoms with E-state index in [1.807, 2.05) is 6.92 Å². The van der Waals surface area contributed by atoms with Gasteiger partial charge in [0.05, 0.1) is 11.9 Å². The molecule has 0 bridgehead atoms. The number of hydrogen-bond donors (Lipinski definition) is 2. The van der Waals surface area contributed by atoms with Crippen LogP contribution in [0.3, 0.4) is 0 Å². The van der Waals surface area contributed by atoms with Gasteiger partial charge >= 0.3 is 3.93 Å². The Bertz CT molecular complexity index is 1000. The third-order valence-electron chi connectivity index (χ3n) is 6.82. The number of likely N-dealkylation sites (tertiary alicyclic amines) is 1. The topological polar surface area (TPSA) is 106 Å². The molecule has 1 atom stereocenters. The molecule has 7 nitrogen and oxygen atoms in total. The molecular weight excluding hydrogens is 527 g/mol. The van der Waals surface area contributed by atoms with Crippen LogP contribution in [0.5, 0.6) is 0 Å². The molecule has 10 heteroatoms. The van der Waals surface area contributed by atoms with E-state index in [9.17, 15) is 8.78 Å². The second-order valence-electron chi connectivity index (χ2n) is 8.76. The summed E-state index contributed by atoms with van der Waals surface area (Å²) in [6.07, 6.45) is 8.79. The van der Waals surface area contributed by atoms with E-state index in [0.717, 1.165) is 60.8 Å². The van der Waals surface area contributed by atoms with E-state index in [1.54, 1.807) is 12.1 Å². The average Bonchev–Trinajstić information content (AvgIpc) is 3.09. The Kier molecular flexibility index (Phi) is 6.62. The molecule has 1 saturated heterocycles. The number of hydrogen-bond acceptors (Lipinski definition) is 6. The van der Waals surface area contributed by atoms with Gasteiger partial charge in [-0.3, -0.25) is 4.98 Å². The summed E-state index contributed by atoms with van der Waals surface area (Å²) in [4.78, 5) is 19.4. The molecule has 1 saturated carbocycles. The van der Waals surface area contributed by atoms with Gasteiger partial charge in [-0.2, -0.15) is 8.78 Å². The minimum atomic E-state index is -3.07. The quantitative estimate of drug-likeness (QED) is 0.254. The fraction of sp³-hybridized carbons (Fsp3) is 0.545. The Balaban J connectivity index is 1.46. The first-order chi connectivity index (χ1) is 15.2. The predicted octanol–water partition coefficient (Wildman–Crippen LogP) is 4.17. The zero-order valence-electron chi connectivity index (χ0n) is 18.1. The van der Waals surface area contributed by atoms with E-state index in [4.69, 9.17) is 11.5 Å². The highest BCUT2D eigenvalue weighted by Gasteiger charge is 2.43. The van der Waals surface area contributed by atoms with Crippen LogP contribution >= 0.6 is 22.6 Å². The number of rotatable bonds is 4. The van der Waals surface area contributed by atoms with E-state index in [1.165, 1.54) is 25.2 Å². The Hall–Kier alpha value is -1.95. The number of nitrogens with zero attached hydrogens (tertiary/aromatic N) is 5. The molecule has 3 heterocycles. The van der Waals surface area contributed by atoms with Crippen LogP contribution in [0.25, 0.3) is 0 Å². The van der Waals surface area contributed by atoms with Gasteiger partial charge < -0.3 is 16.4 Å². The summed E-state index contributed by atoms with van der Waals surface area (Å²) in [6.45, 7) is 3.79. The Morgan fingerprint density at radius 3 is 2.69 bits per heavy atom. The molecule has 1 spiro atoms. The first kappa shape index (κ1) is 23.2. The number of nitrogens with two attached hydrogens (primary N) is 2. The van der Waals surface area contributed by atoms with Gasteiger partial charge in [0.25, 0.3) is 0 Å². The maximum absolute atomic E-state index is 13.8. The standard InChI is InChI=1S/C22H28F2IN7/c1-14(32-10-7-21(8-11-32)6-2-5-17(21)26)30-20-19(27)31-16(13-29-20)12-15-4-3-9-28-18(15)22(23,24)25/h3-4,9,13,17H,2,5-8,10-12,26H2,1H3,(H2,27,31)/t17-/m1/s1. The molecule has 4 rings (SSSR count). The summed E-state index contributed by atoms with van der Waals surface area (Å²) in [6, 6.07) is 3.55. The van der Waals surface area contributed by atoms with Gasteiger partial charge in [0.1, 0.15) is 11.5 Å². The van der Waals surface area contributed by atoms with E-state index < -0.39 is 3.93 Å². The van der Waals surface area contributed by atoms with Crippen molar-refractivity contribution >= 4 is 40.1 Å². The van der Waals surface area contributed by atoms with E-state index in [-0.39, 0.29) is 23.3 Å². The lowest BCUT2D eigenvalue weighted by Crippen LogP contribution is -2.48. The Morgan fingerprint density at radius 1 is 1.31 bits per heavy atom.